The third-order valence-electron chi connectivity index (χ3n) is 3.36. The van der Waals surface area contributed by atoms with Crippen LogP contribution >= 0.6 is 27.7 Å². The van der Waals surface area contributed by atoms with E-state index in [1.807, 2.05) is 6.07 Å². The highest BCUT2D eigenvalue weighted by molar-refractivity contribution is 9.10. The lowest BCUT2D eigenvalue weighted by Crippen LogP contribution is -2.13. The fourth-order valence-electron chi connectivity index (χ4n) is 2.18. The van der Waals surface area contributed by atoms with E-state index >= 15 is 0 Å². The molecule has 0 saturated carbocycles. The summed E-state index contributed by atoms with van der Waals surface area (Å²) in [5.41, 5.74) is 0.668. The normalized spacial score (nSPS) is 11.2. The number of carbonyl (C=O) groups excluding carboxylic acids is 1. The van der Waals surface area contributed by atoms with Crippen LogP contribution in [0.4, 0.5) is 14.5 Å². The molecule has 0 aromatic heterocycles. The van der Waals surface area contributed by atoms with Crippen molar-refractivity contribution in [2.45, 2.75) is 17.6 Å². The van der Waals surface area contributed by atoms with E-state index < -0.39 is 11.7 Å². The zero-order valence-electron chi connectivity index (χ0n) is 14.6. The molecule has 0 aliphatic carbocycles. The van der Waals surface area contributed by atoms with Crippen LogP contribution < -0.4 is 10.1 Å². The van der Waals surface area contributed by atoms with Crippen molar-refractivity contribution in [3.05, 3.63) is 52.0 Å². The van der Waals surface area contributed by atoms with Gasteiger partial charge in [-0.3, -0.25) is 4.79 Å². The average molecular weight is 469 g/mol. The molecule has 5 nitrogen and oxygen atoms in total. The highest BCUT2D eigenvalue weighted by atomic mass is 79.9. The first-order chi connectivity index (χ1) is 13.3. The maximum absolute atomic E-state index is 12.4. The Labute approximate surface area is 173 Å². The minimum absolute atomic E-state index is 0.0799. The van der Waals surface area contributed by atoms with Crippen LogP contribution in [0.5, 0.6) is 11.5 Å². The van der Waals surface area contributed by atoms with Crippen molar-refractivity contribution in [2.24, 2.45) is 0 Å². The number of carbonyl (C=O) groups is 1. The Morgan fingerprint density at radius 1 is 1.39 bits per heavy atom. The lowest BCUT2D eigenvalue weighted by Gasteiger charge is -2.09. The van der Waals surface area contributed by atoms with Gasteiger partial charge in [0.1, 0.15) is 11.6 Å². The average Bonchev–Trinajstić information content (AvgIpc) is 2.65. The maximum atomic E-state index is 12.4. The van der Waals surface area contributed by atoms with Gasteiger partial charge in [0, 0.05) is 10.6 Å². The summed E-state index contributed by atoms with van der Waals surface area (Å²) in [6, 6.07) is 10.7. The van der Waals surface area contributed by atoms with E-state index in [-0.39, 0.29) is 17.1 Å². The summed E-state index contributed by atoms with van der Waals surface area (Å²) in [5.74, 6) is -3.05. The van der Waals surface area contributed by atoms with Gasteiger partial charge in [-0.15, -0.1) is 0 Å². The smallest absolute Gasteiger partial charge is 0.288 e. The third kappa shape index (κ3) is 5.97. The van der Waals surface area contributed by atoms with Crippen LogP contribution in [0.15, 0.2) is 51.3 Å². The number of anilines is 1. The number of phenolic OH excluding ortho intramolecular Hbond substituents is 1. The number of nitrogens with one attached hydrogen (secondary N) is 1. The number of phenols is 1. The Hall–Kier alpha value is -2.57. The first-order valence-corrected chi connectivity index (χ1v) is 9.64. The van der Waals surface area contributed by atoms with Crippen molar-refractivity contribution >= 4 is 45.4 Å². The van der Waals surface area contributed by atoms with Crippen LogP contribution in [0.25, 0.3) is 6.08 Å². The van der Waals surface area contributed by atoms with Gasteiger partial charge in [0.05, 0.1) is 11.1 Å². The lowest BCUT2D eigenvalue weighted by molar-refractivity contribution is -0.112. The molecule has 0 aliphatic rings. The predicted octanol–water partition coefficient (Wildman–Crippen LogP) is 5.41. The Morgan fingerprint density at radius 2 is 2.07 bits per heavy atom. The van der Waals surface area contributed by atoms with Crippen molar-refractivity contribution in [3.63, 3.8) is 0 Å². The highest BCUT2D eigenvalue weighted by Gasteiger charge is 2.13. The molecule has 0 radical (unpaired) electrons. The third-order valence-corrected chi connectivity index (χ3v) is 4.69. The van der Waals surface area contributed by atoms with Crippen LogP contribution in [0.2, 0.25) is 0 Å². The van der Waals surface area contributed by atoms with Crippen LogP contribution in [0.1, 0.15) is 12.5 Å². The first-order valence-electron chi connectivity index (χ1n) is 7.97. The molecule has 2 rings (SSSR count). The van der Waals surface area contributed by atoms with E-state index in [1.165, 1.54) is 36.4 Å². The van der Waals surface area contributed by atoms with E-state index in [0.29, 0.717) is 39.0 Å². The number of thioether (sulfide) groups is 1. The zero-order chi connectivity index (χ0) is 20.7. The molecule has 1 amide bonds. The molecule has 0 atom stereocenters. The summed E-state index contributed by atoms with van der Waals surface area (Å²) in [5, 5.41) is 21.8. The molecule has 0 aliphatic heterocycles. The Morgan fingerprint density at radius 3 is 2.64 bits per heavy atom. The molecule has 0 spiro atoms. The van der Waals surface area contributed by atoms with Gasteiger partial charge in [0.15, 0.2) is 11.5 Å². The van der Waals surface area contributed by atoms with Gasteiger partial charge in [-0.2, -0.15) is 14.0 Å². The second-order valence-electron chi connectivity index (χ2n) is 5.31. The molecule has 146 valence electrons. The van der Waals surface area contributed by atoms with E-state index in [4.69, 9.17) is 4.74 Å². The molecule has 2 aromatic carbocycles. The molecule has 9 heteroatoms. The van der Waals surface area contributed by atoms with Crippen molar-refractivity contribution in [1.29, 1.82) is 5.26 Å². The second kappa shape index (κ2) is 10.1. The van der Waals surface area contributed by atoms with Gasteiger partial charge in [-0.05, 0) is 70.9 Å². The van der Waals surface area contributed by atoms with E-state index in [1.54, 1.807) is 13.0 Å². The van der Waals surface area contributed by atoms with Crippen molar-refractivity contribution in [3.8, 4) is 17.6 Å². The standard InChI is InChI=1S/C19H15BrF2N2O3S/c1-2-27-16-9-11(8-15(20)17(16)25)7-12(10-23)18(26)24-13-3-5-14(6-4-13)28-19(21)22/h3-9,19,25H,2H2,1H3,(H,24,26)/b12-7+. The molecular formula is C19H15BrF2N2O3S. The number of ether oxygens (including phenoxy) is 1. The minimum atomic E-state index is -2.53. The van der Waals surface area contributed by atoms with Crippen LogP contribution in [-0.4, -0.2) is 23.4 Å². The maximum Gasteiger partial charge on any atom is 0.288 e. The van der Waals surface area contributed by atoms with E-state index in [0.717, 1.165) is 0 Å². The number of nitrogens with zero attached hydrogens (tertiary/aromatic N) is 1. The molecule has 0 unspecified atom stereocenters. The number of nitriles is 1. The first kappa shape index (κ1) is 21.7. The zero-order valence-corrected chi connectivity index (χ0v) is 17.0. The number of hydrogen-bond acceptors (Lipinski definition) is 5. The van der Waals surface area contributed by atoms with Crippen molar-refractivity contribution in [2.75, 3.05) is 11.9 Å². The lowest BCUT2D eigenvalue weighted by atomic mass is 10.1. The number of aromatic hydroxyl groups is 1. The largest absolute Gasteiger partial charge is 0.503 e. The number of hydrogen-bond donors (Lipinski definition) is 2. The molecule has 28 heavy (non-hydrogen) atoms. The monoisotopic (exact) mass is 468 g/mol. The predicted molar refractivity (Wildman–Crippen MR) is 107 cm³/mol. The number of halogens is 3. The van der Waals surface area contributed by atoms with Crippen LogP contribution in [-0.2, 0) is 4.79 Å². The molecule has 0 saturated heterocycles. The minimum Gasteiger partial charge on any atom is -0.503 e. The number of benzene rings is 2. The van der Waals surface area contributed by atoms with E-state index in [9.17, 15) is 23.9 Å². The summed E-state index contributed by atoms with van der Waals surface area (Å²) in [7, 11) is 0. The molecule has 2 aromatic rings. The van der Waals surface area contributed by atoms with Crippen LogP contribution in [0.3, 0.4) is 0 Å². The van der Waals surface area contributed by atoms with Gasteiger partial charge in [0.25, 0.3) is 11.7 Å². The topological polar surface area (TPSA) is 82.3 Å². The van der Waals surface area contributed by atoms with Gasteiger partial charge >= 0.3 is 0 Å². The van der Waals surface area contributed by atoms with Gasteiger partial charge in [-0.1, -0.05) is 11.8 Å². The fraction of sp³-hybridized carbons (Fsp3) is 0.158. The summed E-state index contributed by atoms with van der Waals surface area (Å²) in [6.07, 6.45) is 1.35. The Bertz CT molecular complexity index is 928. The number of amides is 1. The fourth-order valence-corrected chi connectivity index (χ4v) is 3.13. The molecule has 0 bridgehead atoms. The number of alkyl halides is 2. The summed E-state index contributed by atoms with van der Waals surface area (Å²) in [6.45, 7) is 2.09. The second-order valence-corrected chi connectivity index (χ2v) is 7.23. The van der Waals surface area contributed by atoms with Gasteiger partial charge in [0.2, 0.25) is 0 Å². The molecular weight excluding hydrogens is 454 g/mol. The van der Waals surface area contributed by atoms with Crippen LogP contribution in [0, 0.1) is 11.3 Å². The molecule has 2 N–H and O–H groups in total. The van der Waals surface area contributed by atoms with E-state index in [2.05, 4.69) is 21.2 Å². The quantitative estimate of drug-likeness (QED) is 0.322. The SMILES string of the molecule is CCOc1cc(/C=C(\C#N)C(=O)Nc2ccc(SC(F)F)cc2)cc(Br)c1O. The molecule has 0 fully saturated rings. The number of rotatable bonds is 7. The summed E-state index contributed by atoms with van der Waals surface area (Å²) >= 11 is 3.60. The van der Waals surface area contributed by atoms with Crippen molar-refractivity contribution < 1.29 is 23.4 Å². The Kier molecular flexibility index (Phi) is 7.84. The highest BCUT2D eigenvalue weighted by Crippen LogP contribution is 2.36. The molecule has 0 heterocycles. The summed E-state index contributed by atoms with van der Waals surface area (Å²) in [4.78, 5) is 12.7. The summed E-state index contributed by atoms with van der Waals surface area (Å²) < 4.78 is 30.4. The Balaban J connectivity index is 2.20. The van der Waals surface area contributed by atoms with Crippen molar-refractivity contribution in [1.82, 2.24) is 0 Å². The van der Waals surface area contributed by atoms with Gasteiger partial charge < -0.3 is 15.2 Å². The van der Waals surface area contributed by atoms with Gasteiger partial charge in [-0.25, -0.2) is 0 Å².